The van der Waals surface area contributed by atoms with Crippen LogP contribution in [0.1, 0.15) is 16.7 Å². The molecule has 0 spiro atoms. The van der Waals surface area contributed by atoms with Crippen LogP contribution in [0.25, 0.3) is 11.6 Å². The maximum absolute atomic E-state index is 9.47. The predicted octanol–water partition coefficient (Wildman–Crippen LogP) is 6.97. The lowest BCUT2D eigenvalue weighted by atomic mass is 10.0. The van der Waals surface area contributed by atoms with Crippen LogP contribution in [0.2, 0.25) is 0 Å². The minimum atomic E-state index is 0.653. The van der Waals surface area contributed by atoms with Crippen LogP contribution >= 0.6 is 27.7 Å². The third kappa shape index (κ3) is 4.85. The number of nitriles is 1. The summed E-state index contributed by atoms with van der Waals surface area (Å²) in [4.78, 5) is 2.41. The van der Waals surface area contributed by atoms with Crippen molar-refractivity contribution >= 4 is 39.3 Å². The first-order chi connectivity index (χ1) is 12.1. The van der Waals surface area contributed by atoms with Crippen LogP contribution in [0.4, 0.5) is 0 Å². The van der Waals surface area contributed by atoms with Gasteiger partial charge < -0.3 is 0 Å². The number of allylic oxidation sites excluding steroid dienone is 1. The van der Waals surface area contributed by atoms with E-state index in [9.17, 15) is 5.26 Å². The molecule has 0 saturated heterocycles. The van der Waals surface area contributed by atoms with E-state index in [4.69, 9.17) is 0 Å². The van der Waals surface area contributed by atoms with Gasteiger partial charge in [0.1, 0.15) is 0 Å². The molecule has 3 aromatic carbocycles. The minimum Gasteiger partial charge on any atom is -0.192 e. The molecule has 0 radical (unpaired) electrons. The van der Waals surface area contributed by atoms with Crippen molar-refractivity contribution in [2.45, 2.75) is 16.7 Å². The molecular formula is C22H16BrNS. The van der Waals surface area contributed by atoms with Gasteiger partial charge in [-0.1, -0.05) is 69.7 Å². The van der Waals surface area contributed by atoms with E-state index in [2.05, 4.69) is 65.3 Å². The molecule has 0 aliphatic rings. The number of aryl methyl sites for hydroxylation is 1. The van der Waals surface area contributed by atoms with Crippen LogP contribution < -0.4 is 0 Å². The zero-order valence-electron chi connectivity index (χ0n) is 13.7. The van der Waals surface area contributed by atoms with Gasteiger partial charge in [-0.05, 0) is 60.5 Å². The number of rotatable bonds is 4. The number of nitrogens with zero attached hydrogens (tertiary/aromatic N) is 1. The van der Waals surface area contributed by atoms with E-state index in [1.54, 1.807) is 11.8 Å². The van der Waals surface area contributed by atoms with Crippen molar-refractivity contribution < 1.29 is 0 Å². The largest absolute Gasteiger partial charge is 0.192 e. The quantitative estimate of drug-likeness (QED) is 0.345. The van der Waals surface area contributed by atoms with Gasteiger partial charge >= 0.3 is 0 Å². The van der Waals surface area contributed by atoms with E-state index in [1.165, 1.54) is 15.4 Å². The Morgan fingerprint density at radius 1 is 0.960 bits per heavy atom. The van der Waals surface area contributed by atoms with Crippen molar-refractivity contribution in [3.8, 4) is 6.07 Å². The first kappa shape index (κ1) is 17.5. The zero-order chi connectivity index (χ0) is 17.6. The van der Waals surface area contributed by atoms with Crippen LogP contribution in [-0.2, 0) is 0 Å². The van der Waals surface area contributed by atoms with Crippen LogP contribution in [0.5, 0.6) is 0 Å². The highest BCUT2D eigenvalue weighted by atomic mass is 79.9. The van der Waals surface area contributed by atoms with Crippen LogP contribution in [-0.4, -0.2) is 0 Å². The Labute approximate surface area is 161 Å². The lowest BCUT2D eigenvalue weighted by Gasteiger charge is -2.04. The molecule has 0 atom stereocenters. The SMILES string of the molecule is Cc1ccc(Sc2ccc(/C=C(/C#N)c3cccc(Br)c3)cc2)cc1. The molecule has 3 aromatic rings. The van der Waals surface area contributed by atoms with E-state index in [0.717, 1.165) is 15.6 Å². The molecule has 0 aliphatic carbocycles. The number of hydrogen-bond acceptors (Lipinski definition) is 2. The van der Waals surface area contributed by atoms with Crippen LogP contribution in [0, 0.1) is 18.3 Å². The van der Waals surface area contributed by atoms with E-state index >= 15 is 0 Å². The first-order valence-corrected chi connectivity index (χ1v) is 9.47. The van der Waals surface area contributed by atoms with Crippen molar-refractivity contribution in [1.82, 2.24) is 0 Å². The normalized spacial score (nSPS) is 11.2. The van der Waals surface area contributed by atoms with Crippen LogP contribution in [0.15, 0.2) is 87.1 Å². The average molecular weight is 406 g/mol. The molecule has 0 N–H and O–H groups in total. The molecule has 0 heterocycles. The van der Waals surface area contributed by atoms with Gasteiger partial charge in [0, 0.05) is 14.3 Å². The van der Waals surface area contributed by atoms with Crippen molar-refractivity contribution in [3.63, 3.8) is 0 Å². The van der Waals surface area contributed by atoms with E-state index < -0.39 is 0 Å². The maximum atomic E-state index is 9.47. The second kappa shape index (κ2) is 8.20. The fourth-order valence-electron chi connectivity index (χ4n) is 2.38. The van der Waals surface area contributed by atoms with Gasteiger partial charge in [-0.15, -0.1) is 0 Å². The molecule has 0 aromatic heterocycles. The Bertz CT molecular complexity index is 935. The summed E-state index contributed by atoms with van der Waals surface area (Å²) >= 11 is 5.19. The topological polar surface area (TPSA) is 23.8 Å². The Hall–Kier alpha value is -2.28. The Morgan fingerprint density at radius 3 is 2.20 bits per heavy atom. The van der Waals surface area contributed by atoms with Crippen molar-refractivity contribution in [2.75, 3.05) is 0 Å². The minimum absolute atomic E-state index is 0.653. The van der Waals surface area contributed by atoms with E-state index in [1.807, 2.05) is 42.5 Å². The van der Waals surface area contributed by atoms with Crippen molar-refractivity contribution in [1.29, 1.82) is 5.26 Å². The van der Waals surface area contributed by atoms with Crippen molar-refractivity contribution in [2.24, 2.45) is 0 Å². The molecule has 0 amide bonds. The fraction of sp³-hybridized carbons (Fsp3) is 0.0455. The molecule has 0 bridgehead atoms. The molecule has 0 saturated carbocycles. The summed E-state index contributed by atoms with van der Waals surface area (Å²) in [6.45, 7) is 2.09. The van der Waals surface area contributed by atoms with Gasteiger partial charge in [0.25, 0.3) is 0 Å². The molecule has 0 fully saturated rings. The highest BCUT2D eigenvalue weighted by Crippen LogP contribution is 2.28. The molecule has 122 valence electrons. The van der Waals surface area contributed by atoms with Gasteiger partial charge in [-0.25, -0.2) is 0 Å². The molecular weight excluding hydrogens is 390 g/mol. The Morgan fingerprint density at radius 2 is 1.60 bits per heavy atom. The van der Waals surface area contributed by atoms with Gasteiger partial charge in [-0.3, -0.25) is 0 Å². The zero-order valence-corrected chi connectivity index (χ0v) is 16.1. The summed E-state index contributed by atoms with van der Waals surface area (Å²) in [7, 11) is 0. The predicted molar refractivity (Wildman–Crippen MR) is 109 cm³/mol. The third-order valence-corrected chi connectivity index (χ3v) is 5.21. The lowest BCUT2D eigenvalue weighted by Crippen LogP contribution is -1.82. The first-order valence-electron chi connectivity index (χ1n) is 7.86. The summed E-state index contributed by atoms with van der Waals surface area (Å²) in [6, 6.07) is 26.9. The highest BCUT2D eigenvalue weighted by Gasteiger charge is 2.03. The third-order valence-electron chi connectivity index (χ3n) is 3.70. The fourth-order valence-corrected chi connectivity index (χ4v) is 3.59. The summed E-state index contributed by atoms with van der Waals surface area (Å²) in [5.41, 5.74) is 3.85. The van der Waals surface area contributed by atoms with Gasteiger partial charge in [0.15, 0.2) is 0 Å². The standard InChI is InChI=1S/C22H16BrNS/c1-16-5-9-21(10-6-16)25-22-11-7-17(8-12-22)13-19(15-24)18-3-2-4-20(23)14-18/h2-14H,1H3/b19-13-. The summed E-state index contributed by atoms with van der Waals surface area (Å²) in [6.07, 6.45) is 1.92. The van der Waals surface area contributed by atoms with Gasteiger partial charge in [0.05, 0.1) is 11.6 Å². The molecule has 3 rings (SSSR count). The van der Waals surface area contributed by atoms with E-state index in [-0.39, 0.29) is 0 Å². The molecule has 1 nitrogen and oxygen atoms in total. The van der Waals surface area contributed by atoms with Crippen LogP contribution in [0.3, 0.4) is 0 Å². The lowest BCUT2D eigenvalue weighted by molar-refractivity contribution is 1.36. The summed E-state index contributed by atoms with van der Waals surface area (Å²) in [5, 5.41) is 9.47. The monoisotopic (exact) mass is 405 g/mol. The summed E-state index contributed by atoms with van der Waals surface area (Å²) < 4.78 is 0.969. The van der Waals surface area contributed by atoms with Gasteiger partial charge in [0.2, 0.25) is 0 Å². The number of halogens is 1. The van der Waals surface area contributed by atoms with Crippen molar-refractivity contribution in [3.05, 3.63) is 94.0 Å². The van der Waals surface area contributed by atoms with Gasteiger partial charge in [-0.2, -0.15) is 5.26 Å². The second-order valence-electron chi connectivity index (χ2n) is 5.66. The number of benzene rings is 3. The Balaban J connectivity index is 1.79. The average Bonchev–Trinajstić information content (AvgIpc) is 2.63. The maximum Gasteiger partial charge on any atom is 0.0998 e. The summed E-state index contributed by atoms with van der Waals surface area (Å²) in [5.74, 6) is 0. The van der Waals surface area contributed by atoms with E-state index in [0.29, 0.717) is 5.57 Å². The molecule has 3 heteroatoms. The Kier molecular flexibility index (Phi) is 5.75. The smallest absolute Gasteiger partial charge is 0.0998 e. The second-order valence-corrected chi connectivity index (χ2v) is 7.73. The molecule has 25 heavy (non-hydrogen) atoms. The molecule has 0 aliphatic heterocycles. The highest BCUT2D eigenvalue weighted by molar-refractivity contribution is 9.10. The number of hydrogen-bond donors (Lipinski definition) is 0. The molecule has 0 unspecified atom stereocenters.